The Labute approximate surface area is 144 Å². The summed E-state index contributed by atoms with van der Waals surface area (Å²) in [4.78, 5) is 2.63. The lowest BCUT2D eigenvalue weighted by Crippen LogP contribution is -2.51. The SMILES string of the molecule is C1=CC2C(COCc3ccccc3)CC1CN2Cc1ccccc1. The van der Waals surface area contributed by atoms with Crippen LogP contribution in [0.1, 0.15) is 17.5 Å². The molecular formula is C22H25NO. The molecule has 0 amide bonds. The Kier molecular flexibility index (Phi) is 4.77. The largest absolute Gasteiger partial charge is 0.376 e. The molecule has 2 aromatic carbocycles. The van der Waals surface area contributed by atoms with Crippen molar-refractivity contribution in [3.05, 3.63) is 83.9 Å². The van der Waals surface area contributed by atoms with Gasteiger partial charge in [-0.15, -0.1) is 0 Å². The minimum Gasteiger partial charge on any atom is -0.376 e. The fourth-order valence-corrected chi connectivity index (χ4v) is 4.07. The quantitative estimate of drug-likeness (QED) is 0.737. The Morgan fingerprint density at radius 3 is 2.29 bits per heavy atom. The highest BCUT2D eigenvalue weighted by Crippen LogP contribution is 2.35. The van der Waals surface area contributed by atoms with Crippen molar-refractivity contribution in [2.75, 3.05) is 13.2 Å². The molecule has 2 aromatic rings. The summed E-state index contributed by atoms with van der Waals surface area (Å²) >= 11 is 0. The highest BCUT2D eigenvalue weighted by molar-refractivity contribution is 5.18. The summed E-state index contributed by atoms with van der Waals surface area (Å²) in [6.45, 7) is 3.80. The average molecular weight is 319 g/mol. The van der Waals surface area contributed by atoms with E-state index in [0.29, 0.717) is 17.9 Å². The van der Waals surface area contributed by atoms with E-state index in [1.165, 1.54) is 24.1 Å². The number of fused-ring (bicyclic) bond motifs is 2. The molecule has 2 heteroatoms. The molecule has 0 saturated carbocycles. The van der Waals surface area contributed by atoms with Crippen LogP contribution in [0.25, 0.3) is 0 Å². The van der Waals surface area contributed by atoms with Crippen molar-refractivity contribution in [1.29, 1.82) is 0 Å². The Balaban J connectivity index is 1.35. The number of nitrogens with zero attached hydrogens (tertiary/aromatic N) is 1. The van der Waals surface area contributed by atoms with Crippen LogP contribution in [0.4, 0.5) is 0 Å². The van der Waals surface area contributed by atoms with Crippen molar-refractivity contribution in [2.24, 2.45) is 11.8 Å². The lowest BCUT2D eigenvalue weighted by molar-refractivity contribution is 0.00735. The molecule has 24 heavy (non-hydrogen) atoms. The highest BCUT2D eigenvalue weighted by atomic mass is 16.5. The first-order valence-corrected chi connectivity index (χ1v) is 8.96. The van der Waals surface area contributed by atoms with Gasteiger partial charge in [0.15, 0.2) is 0 Å². The molecule has 2 nitrogen and oxygen atoms in total. The second-order valence-electron chi connectivity index (χ2n) is 7.05. The third-order valence-corrected chi connectivity index (χ3v) is 5.23. The maximum absolute atomic E-state index is 6.05. The lowest BCUT2D eigenvalue weighted by atomic mass is 9.78. The van der Waals surface area contributed by atoms with E-state index in [2.05, 4.69) is 77.7 Å². The molecule has 0 radical (unpaired) electrons. The predicted octanol–water partition coefficient (Wildman–Crippen LogP) is 4.28. The maximum Gasteiger partial charge on any atom is 0.0717 e. The molecule has 5 rings (SSSR count). The van der Waals surface area contributed by atoms with Crippen LogP contribution in [0.2, 0.25) is 0 Å². The summed E-state index contributed by atoms with van der Waals surface area (Å²) in [6.07, 6.45) is 6.10. The third-order valence-electron chi connectivity index (χ3n) is 5.23. The van der Waals surface area contributed by atoms with Crippen molar-refractivity contribution < 1.29 is 4.74 Å². The van der Waals surface area contributed by atoms with Crippen molar-refractivity contribution >= 4 is 0 Å². The van der Waals surface area contributed by atoms with Gasteiger partial charge in [0.1, 0.15) is 0 Å². The summed E-state index contributed by atoms with van der Waals surface area (Å²) in [5.41, 5.74) is 2.66. The first-order valence-electron chi connectivity index (χ1n) is 8.96. The number of rotatable bonds is 6. The molecule has 0 spiro atoms. The third kappa shape index (κ3) is 3.61. The van der Waals surface area contributed by atoms with Gasteiger partial charge in [-0.2, -0.15) is 0 Å². The van der Waals surface area contributed by atoms with Gasteiger partial charge in [-0.3, -0.25) is 4.90 Å². The summed E-state index contributed by atoms with van der Waals surface area (Å²) in [6, 6.07) is 21.8. The van der Waals surface area contributed by atoms with Crippen molar-refractivity contribution in [3.8, 4) is 0 Å². The molecule has 124 valence electrons. The monoisotopic (exact) mass is 319 g/mol. The summed E-state index contributed by atoms with van der Waals surface area (Å²) in [5, 5.41) is 0. The lowest BCUT2D eigenvalue weighted by Gasteiger charge is -2.46. The smallest absolute Gasteiger partial charge is 0.0717 e. The van der Waals surface area contributed by atoms with Crippen molar-refractivity contribution in [3.63, 3.8) is 0 Å². The van der Waals surface area contributed by atoms with Gasteiger partial charge in [-0.05, 0) is 23.5 Å². The van der Waals surface area contributed by atoms with Gasteiger partial charge in [-0.25, -0.2) is 0 Å². The predicted molar refractivity (Wildman–Crippen MR) is 97.5 cm³/mol. The number of hydrogen-bond donors (Lipinski definition) is 0. The topological polar surface area (TPSA) is 12.5 Å². The molecule has 3 aliphatic rings. The zero-order valence-electron chi connectivity index (χ0n) is 14.1. The molecule has 2 heterocycles. The summed E-state index contributed by atoms with van der Waals surface area (Å²) in [7, 11) is 0. The van der Waals surface area contributed by atoms with E-state index < -0.39 is 0 Å². The Morgan fingerprint density at radius 1 is 0.875 bits per heavy atom. The van der Waals surface area contributed by atoms with E-state index in [-0.39, 0.29) is 0 Å². The van der Waals surface area contributed by atoms with Gasteiger partial charge in [0.25, 0.3) is 0 Å². The van der Waals surface area contributed by atoms with Gasteiger partial charge in [0.05, 0.1) is 13.2 Å². The second-order valence-corrected chi connectivity index (χ2v) is 7.05. The zero-order valence-corrected chi connectivity index (χ0v) is 14.1. The minimum absolute atomic E-state index is 0.519. The molecule has 3 atom stereocenters. The van der Waals surface area contributed by atoms with E-state index in [9.17, 15) is 0 Å². The van der Waals surface area contributed by atoms with Crippen LogP contribution >= 0.6 is 0 Å². The van der Waals surface area contributed by atoms with Crippen LogP contribution in [-0.2, 0) is 17.9 Å². The van der Waals surface area contributed by atoms with Crippen LogP contribution in [0.5, 0.6) is 0 Å². The Bertz CT molecular complexity index is 667. The number of hydrogen-bond acceptors (Lipinski definition) is 2. The molecule has 3 unspecified atom stereocenters. The van der Waals surface area contributed by atoms with E-state index in [4.69, 9.17) is 4.74 Å². The van der Waals surface area contributed by atoms with Gasteiger partial charge >= 0.3 is 0 Å². The molecule has 1 aliphatic carbocycles. The van der Waals surface area contributed by atoms with Crippen LogP contribution < -0.4 is 0 Å². The van der Waals surface area contributed by atoms with Gasteiger partial charge in [-0.1, -0.05) is 72.8 Å². The van der Waals surface area contributed by atoms with E-state index in [1.807, 2.05) is 0 Å². The number of piperidine rings is 1. The standard InChI is InChI=1S/C22H25NO/c1-3-7-18(8-4-1)14-23-15-20-11-12-22(23)21(13-20)17-24-16-19-9-5-2-6-10-19/h1-12,20-22H,13-17H2. The highest BCUT2D eigenvalue weighted by Gasteiger charge is 2.37. The molecule has 2 bridgehead atoms. The summed E-state index contributed by atoms with van der Waals surface area (Å²) < 4.78 is 6.05. The second kappa shape index (κ2) is 7.33. The molecular weight excluding hydrogens is 294 g/mol. The normalized spacial score (nSPS) is 25.9. The first-order chi connectivity index (χ1) is 11.9. The fourth-order valence-electron chi connectivity index (χ4n) is 4.07. The van der Waals surface area contributed by atoms with Crippen LogP contribution in [0.15, 0.2) is 72.8 Å². The molecule has 0 N–H and O–H groups in total. The van der Waals surface area contributed by atoms with Crippen LogP contribution in [0, 0.1) is 11.8 Å². The molecule has 1 saturated heterocycles. The van der Waals surface area contributed by atoms with Gasteiger partial charge in [0.2, 0.25) is 0 Å². The molecule has 1 fully saturated rings. The number of benzene rings is 2. The van der Waals surface area contributed by atoms with Crippen molar-refractivity contribution in [1.82, 2.24) is 4.90 Å². The van der Waals surface area contributed by atoms with Gasteiger partial charge < -0.3 is 4.74 Å². The van der Waals surface area contributed by atoms with Crippen LogP contribution in [-0.4, -0.2) is 24.1 Å². The van der Waals surface area contributed by atoms with Crippen molar-refractivity contribution in [2.45, 2.75) is 25.6 Å². The van der Waals surface area contributed by atoms with E-state index >= 15 is 0 Å². The van der Waals surface area contributed by atoms with Crippen LogP contribution in [0.3, 0.4) is 0 Å². The molecule has 2 aliphatic heterocycles. The Hall–Kier alpha value is -1.90. The zero-order chi connectivity index (χ0) is 16.2. The summed E-state index contributed by atoms with van der Waals surface area (Å²) in [5.74, 6) is 1.30. The van der Waals surface area contributed by atoms with E-state index in [1.54, 1.807) is 0 Å². The number of ether oxygens (including phenoxy) is 1. The average Bonchev–Trinajstić information content (AvgIpc) is 2.64. The first kappa shape index (κ1) is 15.6. The minimum atomic E-state index is 0.519. The maximum atomic E-state index is 6.05. The molecule has 0 aromatic heterocycles. The fraction of sp³-hybridized carbons (Fsp3) is 0.364. The Morgan fingerprint density at radius 2 is 1.58 bits per heavy atom. The van der Waals surface area contributed by atoms with Gasteiger partial charge in [0, 0.05) is 25.0 Å². The van der Waals surface area contributed by atoms with E-state index in [0.717, 1.165) is 19.8 Å².